The molecular weight excluding hydrogens is 412 g/mol. The van der Waals surface area contributed by atoms with Gasteiger partial charge in [0.1, 0.15) is 5.75 Å². The Bertz CT molecular complexity index is 1120. The normalized spacial score (nSPS) is 10.5. The third-order valence-corrected chi connectivity index (χ3v) is 4.75. The van der Waals surface area contributed by atoms with E-state index in [1.807, 2.05) is 0 Å². The minimum atomic E-state index is -0.792. The summed E-state index contributed by atoms with van der Waals surface area (Å²) in [6.07, 6.45) is 0. The van der Waals surface area contributed by atoms with Crippen molar-refractivity contribution in [2.45, 2.75) is 12.1 Å². The lowest BCUT2D eigenvalue weighted by Gasteiger charge is -2.07. The van der Waals surface area contributed by atoms with Gasteiger partial charge in [-0.05, 0) is 49.0 Å². The fraction of sp³-hybridized carbons (Fsp3) is 0.105. The van der Waals surface area contributed by atoms with E-state index in [9.17, 15) is 25.0 Å². The molecule has 0 amide bonds. The number of non-ortho nitro benzene ring substituents is 2. The summed E-state index contributed by atoms with van der Waals surface area (Å²) in [4.78, 5) is 41.7. The van der Waals surface area contributed by atoms with Gasteiger partial charge in [0.15, 0.2) is 5.16 Å². The van der Waals surface area contributed by atoms with Crippen LogP contribution in [-0.4, -0.2) is 32.0 Å². The number of hydrogen-bond acceptors (Lipinski definition) is 9. The first kappa shape index (κ1) is 20.9. The molecule has 3 aromatic rings. The van der Waals surface area contributed by atoms with Crippen molar-refractivity contribution >= 4 is 28.3 Å². The minimum Gasteiger partial charge on any atom is -0.497 e. The Hall–Kier alpha value is -3.86. The monoisotopic (exact) mass is 426 g/mol. The lowest BCUT2D eigenvalue weighted by Crippen LogP contribution is -2.01. The van der Waals surface area contributed by atoms with Crippen LogP contribution in [0.15, 0.2) is 53.7 Å². The lowest BCUT2D eigenvalue weighted by atomic mass is 10.1. The highest BCUT2D eigenvalue weighted by Crippen LogP contribution is 2.29. The molecule has 11 heteroatoms. The fourth-order valence-electron chi connectivity index (χ4n) is 2.56. The molecule has 0 unspecified atom stereocenters. The number of methoxy groups -OCH3 is 1. The maximum atomic E-state index is 12.6. The summed E-state index contributed by atoms with van der Waals surface area (Å²) < 4.78 is 5.13. The van der Waals surface area contributed by atoms with E-state index in [0.717, 1.165) is 23.8 Å². The number of nitro groups is 2. The van der Waals surface area contributed by atoms with Crippen molar-refractivity contribution in [3.05, 3.63) is 80.0 Å². The molecule has 0 bridgehead atoms. The van der Waals surface area contributed by atoms with Gasteiger partial charge < -0.3 is 4.74 Å². The Balaban J connectivity index is 1.92. The number of ether oxygens (including phenoxy) is 1. The van der Waals surface area contributed by atoms with Crippen molar-refractivity contribution in [2.75, 3.05) is 7.11 Å². The molecule has 2 aromatic carbocycles. The van der Waals surface area contributed by atoms with Gasteiger partial charge in [-0.15, -0.1) is 0 Å². The Morgan fingerprint density at radius 2 is 1.57 bits per heavy atom. The summed E-state index contributed by atoms with van der Waals surface area (Å²) in [5.41, 5.74) is 0.690. The number of aromatic nitrogens is 2. The molecule has 0 atom stereocenters. The number of carbonyl (C=O) groups excluding carboxylic acids is 1. The Labute approximate surface area is 174 Å². The highest BCUT2D eigenvalue weighted by molar-refractivity contribution is 8.14. The number of carbonyl (C=O) groups is 1. The van der Waals surface area contributed by atoms with E-state index in [1.165, 1.54) is 0 Å². The summed E-state index contributed by atoms with van der Waals surface area (Å²) in [7, 11) is 1.56. The van der Waals surface area contributed by atoms with Gasteiger partial charge in [-0.2, -0.15) is 0 Å². The number of hydrogen-bond donors (Lipinski definition) is 0. The molecule has 0 N–H and O–H groups in total. The topological polar surface area (TPSA) is 138 Å². The van der Waals surface area contributed by atoms with Crippen LogP contribution in [0.1, 0.15) is 16.1 Å². The number of thioether (sulfide) groups is 1. The van der Waals surface area contributed by atoms with E-state index < -0.39 is 26.3 Å². The highest BCUT2D eigenvalue weighted by Gasteiger charge is 2.21. The van der Waals surface area contributed by atoms with Crippen LogP contribution in [0.4, 0.5) is 11.4 Å². The highest BCUT2D eigenvalue weighted by atomic mass is 32.2. The second kappa shape index (κ2) is 8.66. The van der Waals surface area contributed by atoms with Crippen LogP contribution in [0, 0.1) is 27.2 Å². The molecular formula is C19H14N4O6S. The van der Waals surface area contributed by atoms with E-state index in [-0.39, 0.29) is 10.7 Å². The number of rotatable bonds is 6. The van der Waals surface area contributed by atoms with Crippen molar-refractivity contribution in [1.82, 2.24) is 9.97 Å². The second-order valence-corrected chi connectivity index (χ2v) is 6.99. The van der Waals surface area contributed by atoms with Crippen molar-refractivity contribution in [3.63, 3.8) is 0 Å². The molecule has 1 aromatic heterocycles. The van der Waals surface area contributed by atoms with E-state index in [4.69, 9.17) is 4.74 Å². The molecule has 152 valence electrons. The van der Waals surface area contributed by atoms with Gasteiger partial charge >= 0.3 is 0 Å². The minimum absolute atomic E-state index is 0.125. The summed E-state index contributed by atoms with van der Waals surface area (Å²) in [6.45, 7) is 1.74. The van der Waals surface area contributed by atoms with E-state index >= 15 is 0 Å². The average Bonchev–Trinajstić information content (AvgIpc) is 2.73. The molecule has 30 heavy (non-hydrogen) atoms. The second-order valence-electron chi connectivity index (χ2n) is 6.05. The maximum absolute atomic E-state index is 12.6. The molecule has 0 radical (unpaired) electrons. The first-order chi connectivity index (χ1) is 14.3. The first-order valence-corrected chi connectivity index (χ1v) is 9.24. The predicted octanol–water partition coefficient (Wildman–Crippen LogP) is 4.21. The Kier molecular flexibility index (Phi) is 6.02. The van der Waals surface area contributed by atoms with E-state index in [2.05, 4.69) is 9.97 Å². The van der Waals surface area contributed by atoms with Crippen LogP contribution in [0.2, 0.25) is 0 Å². The van der Waals surface area contributed by atoms with Gasteiger partial charge in [0.05, 0.1) is 28.7 Å². The zero-order chi connectivity index (χ0) is 21.8. The Morgan fingerprint density at radius 1 is 0.967 bits per heavy atom. The summed E-state index contributed by atoms with van der Waals surface area (Å²) in [5, 5.41) is 21.5. The van der Waals surface area contributed by atoms with Crippen molar-refractivity contribution in [3.8, 4) is 17.0 Å². The Morgan fingerprint density at radius 3 is 2.10 bits per heavy atom. The third kappa shape index (κ3) is 4.75. The number of benzene rings is 2. The average molecular weight is 426 g/mol. The standard InChI is InChI=1S/C19H14N4O6S/c1-11-7-17(12-3-5-16(29-2)6-4-12)21-19(20-11)30-18(24)13-8-14(22(25)26)10-15(9-13)23(27)28/h3-10H,1-2H3. The number of nitrogens with zero attached hydrogens (tertiary/aromatic N) is 4. The SMILES string of the molecule is COc1ccc(-c2cc(C)nc(SC(=O)c3cc([N+](=O)[O-])cc([N+](=O)[O-])c3)n2)cc1. The van der Waals surface area contributed by atoms with Crippen LogP contribution in [0.25, 0.3) is 11.3 Å². The molecule has 0 fully saturated rings. The third-order valence-electron chi connectivity index (χ3n) is 3.96. The molecule has 10 nitrogen and oxygen atoms in total. The van der Waals surface area contributed by atoms with Crippen LogP contribution in [0.3, 0.4) is 0 Å². The number of nitro benzene ring substituents is 2. The van der Waals surface area contributed by atoms with Gasteiger partial charge in [-0.25, -0.2) is 9.97 Å². The van der Waals surface area contributed by atoms with E-state index in [0.29, 0.717) is 28.9 Å². The lowest BCUT2D eigenvalue weighted by molar-refractivity contribution is -0.394. The first-order valence-electron chi connectivity index (χ1n) is 8.43. The predicted molar refractivity (Wildman–Crippen MR) is 109 cm³/mol. The van der Waals surface area contributed by atoms with Crippen LogP contribution < -0.4 is 4.74 Å². The van der Waals surface area contributed by atoms with Gasteiger partial charge in [-0.1, -0.05) is 0 Å². The molecule has 0 aliphatic heterocycles. The maximum Gasteiger partial charge on any atom is 0.277 e. The molecule has 0 aliphatic rings. The molecule has 3 rings (SSSR count). The molecule has 1 heterocycles. The summed E-state index contributed by atoms with van der Waals surface area (Å²) in [5.74, 6) is 0.682. The van der Waals surface area contributed by atoms with E-state index in [1.54, 1.807) is 44.4 Å². The number of aryl methyl sites for hydroxylation is 1. The zero-order valence-electron chi connectivity index (χ0n) is 15.8. The van der Waals surface area contributed by atoms with Gasteiger partial charge in [0, 0.05) is 29.0 Å². The molecule has 0 saturated carbocycles. The largest absolute Gasteiger partial charge is 0.497 e. The van der Waals surface area contributed by atoms with Crippen LogP contribution >= 0.6 is 11.8 Å². The smallest absolute Gasteiger partial charge is 0.277 e. The van der Waals surface area contributed by atoms with Crippen LogP contribution in [0.5, 0.6) is 5.75 Å². The van der Waals surface area contributed by atoms with Crippen LogP contribution in [-0.2, 0) is 0 Å². The van der Waals surface area contributed by atoms with Crippen molar-refractivity contribution < 1.29 is 19.4 Å². The fourth-order valence-corrected chi connectivity index (χ4v) is 3.30. The van der Waals surface area contributed by atoms with Gasteiger partial charge in [0.25, 0.3) is 11.4 Å². The van der Waals surface area contributed by atoms with Gasteiger partial charge in [-0.3, -0.25) is 25.0 Å². The van der Waals surface area contributed by atoms with Gasteiger partial charge in [0.2, 0.25) is 5.12 Å². The quantitative estimate of drug-likeness (QED) is 0.245. The molecule has 0 spiro atoms. The molecule has 0 saturated heterocycles. The zero-order valence-corrected chi connectivity index (χ0v) is 16.6. The summed E-state index contributed by atoms with van der Waals surface area (Å²) >= 11 is 0.637. The molecule has 0 aliphatic carbocycles. The summed E-state index contributed by atoms with van der Waals surface area (Å²) in [6, 6.07) is 11.7. The van der Waals surface area contributed by atoms with Crippen molar-refractivity contribution in [2.24, 2.45) is 0 Å². The van der Waals surface area contributed by atoms with Crippen molar-refractivity contribution in [1.29, 1.82) is 0 Å².